The third-order valence-electron chi connectivity index (χ3n) is 22.5. The van der Waals surface area contributed by atoms with E-state index >= 15 is 0 Å². The Morgan fingerprint density at radius 1 is 0.417 bits per heavy atom. The number of nitrogens with zero attached hydrogens (tertiary/aromatic N) is 16. The maximum Gasteiger partial charge on any atom is 0.470 e. The molecule has 0 spiro atoms. The fraction of sp³-hybridized carbons (Fsp3) is 0.526. The number of carbonyl (C=O) groups excluding carboxylic acids is 4. The Morgan fingerprint density at radius 2 is 0.767 bits per heavy atom. The van der Waals surface area contributed by atoms with Crippen LogP contribution in [0.3, 0.4) is 0 Å². The number of alkyl halides is 3. The summed E-state index contributed by atoms with van der Waals surface area (Å²) in [6, 6.07) is 15.1. The van der Waals surface area contributed by atoms with Crippen molar-refractivity contribution in [2.45, 2.75) is 102 Å². The van der Waals surface area contributed by atoms with Crippen molar-refractivity contribution in [3.05, 3.63) is 161 Å². The van der Waals surface area contributed by atoms with Crippen molar-refractivity contribution >= 4 is 156 Å². The lowest BCUT2D eigenvalue weighted by Crippen LogP contribution is -2.53. The van der Waals surface area contributed by atoms with Crippen molar-refractivity contribution in [2.75, 3.05) is 144 Å². The molecule has 7 aromatic heterocycles. The van der Waals surface area contributed by atoms with Crippen molar-refractivity contribution in [3.8, 4) is 0 Å². The second kappa shape index (κ2) is 38.9. The van der Waals surface area contributed by atoms with Gasteiger partial charge < -0.3 is 43.6 Å². The van der Waals surface area contributed by atoms with Crippen LogP contribution in [0, 0.1) is 55.4 Å². The van der Waals surface area contributed by atoms with Crippen molar-refractivity contribution < 1.29 is 79.2 Å². The fourth-order valence-electron chi connectivity index (χ4n) is 15.8. The van der Waals surface area contributed by atoms with E-state index in [1.165, 1.54) is 51.8 Å². The van der Waals surface area contributed by atoms with E-state index in [1.54, 1.807) is 54.2 Å². The lowest BCUT2D eigenvalue weighted by molar-refractivity contribution is -0.157. The quantitative estimate of drug-likeness (QED) is 0.103. The number of anilines is 4. The maximum atomic E-state index is 13.7. The first kappa shape index (κ1) is 91.3. The predicted octanol–water partition coefficient (Wildman–Crippen LogP) is 10.5. The number of piperazine rings is 4. The molecule has 4 unspecified atom stereocenters. The van der Waals surface area contributed by atoms with E-state index in [0.717, 1.165) is 55.2 Å². The zero-order chi connectivity index (χ0) is 84.9. The Bertz CT molecular complexity index is 5180. The molecule has 0 bridgehead atoms. The summed E-state index contributed by atoms with van der Waals surface area (Å²) in [5.41, 5.74) is 3.53. The van der Waals surface area contributed by atoms with Gasteiger partial charge in [-0.15, -0.1) is 51.5 Å². The maximum absolute atomic E-state index is 13.7. The first-order chi connectivity index (χ1) is 56.5. The number of benzene rings is 1. The molecule has 29 nitrogen and oxygen atoms in total. The minimum Gasteiger partial charge on any atom is -0.399 e. The number of thiophene rings is 3. The molecule has 8 aromatic rings. The van der Waals surface area contributed by atoms with Crippen LogP contribution >= 0.6 is 69.6 Å². The Labute approximate surface area is 720 Å². The van der Waals surface area contributed by atoms with Gasteiger partial charge in [0.1, 0.15) is 56.8 Å². The van der Waals surface area contributed by atoms with Crippen LogP contribution in [-0.2, 0) is 64.7 Å². The number of carbonyl (C=O) groups is 4. The molecule has 15 heterocycles. The lowest BCUT2D eigenvalue weighted by atomic mass is 9.96. The molecule has 8 aliphatic heterocycles. The normalized spacial score (nSPS) is 22.3. The van der Waals surface area contributed by atoms with E-state index in [-0.39, 0.29) is 162 Å². The van der Waals surface area contributed by atoms with Gasteiger partial charge in [-0.3, -0.25) is 29.1 Å². The van der Waals surface area contributed by atoms with E-state index in [4.69, 9.17) is 27.6 Å². The Morgan fingerprint density at radius 3 is 1.12 bits per heavy atom. The first-order valence-corrected chi connectivity index (χ1v) is 49.3. The number of hydrogen-bond donors (Lipinski definition) is 0. The molecule has 1 aromatic carbocycles. The number of hydrogen-bond acceptors (Lipinski definition) is 28. The monoisotopic (exact) mass is 1860 g/mol. The minimum atomic E-state index is -4.78. The first-order valence-electron chi connectivity index (χ1n) is 38.8. The van der Waals surface area contributed by atoms with Gasteiger partial charge in [-0.1, -0.05) is 40.4 Å². The topological polar surface area (TPSA) is 347 Å². The Kier molecular flexibility index (Phi) is 29.6. The summed E-state index contributed by atoms with van der Waals surface area (Å²) >= 11 is 16.1. The Hall–Kier alpha value is -7.90. The molecule has 0 saturated carbocycles. The number of amides is 4. The van der Waals surface area contributed by atoms with Crippen LogP contribution in [0.4, 0.5) is 45.6 Å². The highest BCUT2D eigenvalue weighted by Gasteiger charge is 2.45. The number of aromatic nitrogens is 8. The molecule has 0 radical (unpaired) electrons. The number of aryl methyl sites for hydroxylation is 3. The van der Waals surface area contributed by atoms with Crippen LogP contribution in [-0.4, -0.2) is 242 Å². The van der Waals surface area contributed by atoms with Crippen LogP contribution in [0.2, 0.25) is 8.67 Å². The fourth-order valence-corrected chi connectivity index (χ4v) is 24.9. The molecule has 44 heteroatoms. The third kappa shape index (κ3) is 23.1. The van der Waals surface area contributed by atoms with Crippen LogP contribution < -0.4 is 19.6 Å². The predicted molar refractivity (Wildman–Crippen MR) is 448 cm³/mol. The number of rotatable bonds is 12. The SMILES string of the molecule is Cc1cnc(N2CCN(C(=O)C3CCS(=O)(=O)CC3)C(c3ccc(Cl)s3)C2)cn1.Cc1cnc(N2CCN(C(=O)C3CCS(=O)(=O)CC3)C(c3ccc(Cl)s3)C2)nc1.Cc1cnc(N2CCN(C(=O)C3CCS(=O)(=O)CC3)C(c3ccc(F)cc3)C2)cn1.Cl.O=C(C1CCS(=O)(=O)CC1)N1CCN(c2nnc(C(F)(F)F)o2)CC1c1ccc(F)s1. The molecule has 120 heavy (non-hydrogen) atoms. The average Bonchev–Trinajstić information content (AvgIpc) is 1.40. The van der Waals surface area contributed by atoms with Crippen LogP contribution in [0.5, 0.6) is 0 Å². The minimum absolute atomic E-state index is 0. The molecule has 4 atom stereocenters. The highest BCUT2D eigenvalue weighted by Crippen LogP contribution is 2.41. The smallest absolute Gasteiger partial charge is 0.399 e. The van der Waals surface area contributed by atoms with Crippen molar-refractivity contribution in [3.63, 3.8) is 0 Å². The summed E-state index contributed by atoms with van der Waals surface area (Å²) in [6.07, 6.45) is 8.51. The Balaban J connectivity index is 0.000000146. The van der Waals surface area contributed by atoms with E-state index in [2.05, 4.69) is 54.8 Å². The molecule has 8 fully saturated rings. The lowest BCUT2D eigenvalue weighted by Gasteiger charge is -2.43. The second-order valence-corrected chi connectivity index (χ2v) is 44.4. The second-order valence-electron chi connectivity index (χ2n) is 30.6. The van der Waals surface area contributed by atoms with Gasteiger partial charge in [0.05, 0.1) is 115 Å². The van der Waals surface area contributed by atoms with E-state index in [0.29, 0.717) is 117 Å². The molecule has 8 aliphatic rings. The zero-order valence-electron chi connectivity index (χ0n) is 65.5. The van der Waals surface area contributed by atoms with Crippen molar-refractivity contribution in [1.82, 2.24) is 59.7 Å². The van der Waals surface area contributed by atoms with Gasteiger partial charge in [0.15, 0.2) is 5.13 Å². The van der Waals surface area contributed by atoms with Crippen molar-refractivity contribution in [2.24, 2.45) is 23.7 Å². The standard InChI is InChI=1S/C21H25FN4O3S.2C19H23ClN4O3S2.C17H18F4N4O4S2.ClH/c1-15-12-24-20(13-23-15)25-8-9-26(19(14-25)16-2-4-18(22)5-3-16)21(27)17-6-10-30(28,29)11-7-17;1-13-10-22-18(11-21-13)23-6-7-24(15(12-23)16-2-3-17(20)28-16)19(25)14-4-8-29(26,27)9-5-14;1-13-10-21-19(22-11-13)23-6-7-24(15(12-23)16-2-3-17(20)28-16)18(25)14-4-8-29(26,27)9-5-14;18-13-2-1-12(30-13)11-9-24(16-23-22-15(29-16)17(19,20)21)5-6-25(11)14(26)10-3-7-31(27,28)8-4-10;/h2-5,12-13,17,19H,6-11,14H2,1H3;2*2-3,10-11,14-15H,4-9,12H2,1H3;1-2,10-11H,3-9H2;1H. The summed E-state index contributed by atoms with van der Waals surface area (Å²) in [5, 5.41) is 6.03. The van der Waals surface area contributed by atoms with Crippen LogP contribution in [0.15, 0.2) is 102 Å². The number of sulfone groups is 4. The van der Waals surface area contributed by atoms with E-state index < -0.39 is 68.5 Å². The molecule has 650 valence electrons. The van der Waals surface area contributed by atoms with Crippen LogP contribution in [0.25, 0.3) is 0 Å². The largest absolute Gasteiger partial charge is 0.470 e. The molecule has 8 saturated heterocycles. The summed E-state index contributed by atoms with van der Waals surface area (Å²) in [4.78, 5) is 97.0. The molecule has 0 N–H and O–H groups in total. The van der Waals surface area contributed by atoms with Crippen molar-refractivity contribution in [1.29, 1.82) is 0 Å². The highest BCUT2D eigenvalue weighted by molar-refractivity contribution is 7.92. The summed E-state index contributed by atoms with van der Waals surface area (Å²) in [6.45, 7) is 11.2. The third-order valence-corrected chi connectivity index (χ3v) is 33.0. The molecule has 0 aliphatic carbocycles. The molecular formula is C76H90Cl3F5N16O13S7. The van der Waals surface area contributed by atoms with Gasteiger partial charge in [0.25, 0.3) is 0 Å². The van der Waals surface area contributed by atoms with Crippen LogP contribution in [0.1, 0.15) is 119 Å². The van der Waals surface area contributed by atoms with Gasteiger partial charge in [-0.05, 0) is 132 Å². The molecule has 4 amide bonds. The summed E-state index contributed by atoms with van der Waals surface area (Å²) < 4.78 is 166. The van der Waals surface area contributed by atoms with E-state index in [1.807, 2.05) is 59.7 Å². The zero-order valence-corrected chi connectivity index (χ0v) is 73.6. The summed E-state index contributed by atoms with van der Waals surface area (Å²) in [5.74, 6) is -0.656. The van der Waals surface area contributed by atoms with Gasteiger partial charge in [0.2, 0.25) is 29.6 Å². The molecule has 16 rings (SSSR count). The average molecular weight is 1860 g/mol. The molecular weight excluding hydrogens is 1770 g/mol. The van der Waals surface area contributed by atoms with Gasteiger partial charge in [0, 0.05) is 129 Å². The highest BCUT2D eigenvalue weighted by atomic mass is 35.5. The summed E-state index contributed by atoms with van der Waals surface area (Å²) in [7, 11) is -12.2. The van der Waals surface area contributed by atoms with E-state index in [9.17, 15) is 74.8 Å². The number of halogens is 8. The van der Waals surface area contributed by atoms with Gasteiger partial charge in [-0.2, -0.15) is 17.6 Å². The van der Waals surface area contributed by atoms with Gasteiger partial charge in [-0.25, -0.2) is 58.0 Å². The van der Waals surface area contributed by atoms with Gasteiger partial charge >= 0.3 is 18.1 Å².